The lowest BCUT2D eigenvalue weighted by Crippen LogP contribution is -2.20. The quantitative estimate of drug-likeness (QED) is 0.761. The van der Waals surface area contributed by atoms with Gasteiger partial charge in [0.25, 0.3) is 0 Å². The van der Waals surface area contributed by atoms with Gasteiger partial charge in [0.1, 0.15) is 12.4 Å². The van der Waals surface area contributed by atoms with Crippen molar-refractivity contribution in [2.45, 2.75) is 19.8 Å². The summed E-state index contributed by atoms with van der Waals surface area (Å²) in [6.07, 6.45) is 0. The van der Waals surface area contributed by atoms with Crippen molar-refractivity contribution < 1.29 is 9.47 Å². The third-order valence-corrected chi connectivity index (χ3v) is 3.89. The van der Waals surface area contributed by atoms with Crippen LogP contribution in [0.5, 0.6) is 5.75 Å². The van der Waals surface area contributed by atoms with Crippen molar-refractivity contribution in [2.24, 2.45) is 0 Å². The maximum atomic E-state index is 5.99. The maximum Gasteiger partial charge on any atom is 0.170 e. The van der Waals surface area contributed by atoms with Gasteiger partial charge in [-0.05, 0) is 48.8 Å². The molecule has 0 amide bonds. The second kappa shape index (κ2) is 7.23. The molecule has 110 valence electrons. The number of methoxy groups -OCH3 is 1. The molecule has 21 heavy (non-hydrogen) atoms. The highest BCUT2D eigenvalue weighted by atomic mass is 32.1. The zero-order valence-electron chi connectivity index (χ0n) is 12.6. The molecule has 0 spiro atoms. The molecule has 2 aromatic carbocycles. The molecule has 0 aliphatic heterocycles. The molecule has 3 heteroatoms. The van der Waals surface area contributed by atoms with Crippen molar-refractivity contribution >= 4 is 17.3 Å². The van der Waals surface area contributed by atoms with E-state index in [9.17, 15) is 0 Å². The van der Waals surface area contributed by atoms with Crippen molar-refractivity contribution in [2.75, 3.05) is 13.7 Å². The van der Waals surface area contributed by atoms with Crippen molar-refractivity contribution in [3.63, 3.8) is 0 Å². The average molecular weight is 300 g/mol. The molecule has 0 fully saturated rings. The lowest BCUT2D eigenvalue weighted by Gasteiger charge is -2.19. The van der Waals surface area contributed by atoms with E-state index in [4.69, 9.17) is 21.7 Å². The highest BCUT2D eigenvalue weighted by Crippen LogP contribution is 2.23. The van der Waals surface area contributed by atoms with Crippen LogP contribution in [-0.2, 0) is 4.74 Å². The Hall–Kier alpha value is -1.87. The molecule has 2 nitrogen and oxygen atoms in total. The smallest absolute Gasteiger partial charge is 0.170 e. The molecule has 0 aliphatic rings. The number of aryl methyl sites for hydroxylation is 2. The Morgan fingerprint density at radius 1 is 1.10 bits per heavy atom. The molecule has 1 unspecified atom stereocenters. The van der Waals surface area contributed by atoms with Crippen LogP contribution in [0, 0.1) is 13.8 Å². The van der Waals surface area contributed by atoms with E-state index in [1.807, 2.05) is 43.3 Å². The van der Waals surface area contributed by atoms with Gasteiger partial charge < -0.3 is 9.47 Å². The Bertz CT molecular complexity index is 608. The van der Waals surface area contributed by atoms with Crippen LogP contribution in [0.4, 0.5) is 0 Å². The molecule has 0 aromatic heterocycles. The van der Waals surface area contributed by atoms with Crippen molar-refractivity contribution in [1.29, 1.82) is 0 Å². The van der Waals surface area contributed by atoms with Crippen molar-refractivity contribution in [1.82, 2.24) is 0 Å². The van der Waals surface area contributed by atoms with Crippen LogP contribution in [0.3, 0.4) is 0 Å². The molecule has 1 atom stereocenters. The molecule has 2 aromatic rings. The molecular formula is C18H20O2S. The van der Waals surface area contributed by atoms with Gasteiger partial charge in [0.15, 0.2) is 5.05 Å². The molecule has 0 saturated heterocycles. The van der Waals surface area contributed by atoms with Crippen LogP contribution < -0.4 is 4.74 Å². The van der Waals surface area contributed by atoms with E-state index < -0.39 is 0 Å². The van der Waals surface area contributed by atoms with Gasteiger partial charge in [0.05, 0.1) is 13.0 Å². The topological polar surface area (TPSA) is 18.5 Å². The lowest BCUT2D eigenvalue weighted by molar-refractivity contribution is 0.291. The Balaban J connectivity index is 2.16. The SMILES string of the molecule is COC(=S)C(COc1cc(C)ccc1C)c1ccccc1. The Morgan fingerprint density at radius 2 is 1.81 bits per heavy atom. The number of hydrogen-bond donors (Lipinski definition) is 0. The van der Waals surface area contributed by atoms with Gasteiger partial charge in [-0.25, -0.2) is 0 Å². The van der Waals surface area contributed by atoms with Crippen molar-refractivity contribution in [3.8, 4) is 5.75 Å². The summed E-state index contributed by atoms with van der Waals surface area (Å²) in [5.41, 5.74) is 3.41. The molecule has 0 radical (unpaired) electrons. The molecule has 0 aliphatic carbocycles. The Labute approximate surface area is 131 Å². The minimum atomic E-state index is -0.0499. The van der Waals surface area contributed by atoms with Gasteiger partial charge in [-0.15, -0.1) is 0 Å². The second-order valence-corrected chi connectivity index (χ2v) is 5.47. The van der Waals surface area contributed by atoms with Crippen molar-refractivity contribution in [3.05, 3.63) is 65.2 Å². The summed E-state index contributed by atoms with van der Waals surface area (Å²) >= 11 is 5.33. The highest BCUT2D eigenvalue weighted by molar-refractivity contribution is 7.80. The van der Waals surface area contributed by atoms with E-state index in [-0.39, 0.29) is 5.92 Å². The normalized spacial score (nSPS) is 11.8. The number of benzene rings is 2. The molecule has 0 heterocycles. The van der Waals surface area contributed by atoms with Crippen LogP contribution in [0.2, 0.25) is 0 Å². The van der Waals surface area contributed by atoms with Crippen LogP contribution >= 0.6 is 12.2 Å². The summed E-state index contributed by atoms with van der Waals surface area (Å²) in [4.78, 5) is 0. The maximum absolute atomic E-state index is 5.99. The summed E-state index contributed by atoms with van der Waals surface area (Å²) in [6.45, 7) is 4.57. The summed E-state index contributed by atoms with van der Waals surface area (Å²) in [6, 6.07) is 16.3. The Kier molecular flexibility index (Phi) is 5.34. The third kappa shape index (κ3) is 4.05. The monoisotopic (exact) mass is 300 g/mol. The summed E-state index contributed by atoms with van der Waals surface area (Å²) in [5, 5.41) is 0.548. The zero-order chi connectivity index (χ0) is 15.2. The van der Waals surface area contributed by atoms with Crippen LogP contribution in [0.1, 0.15) is 22.6 Å². The fourth-order valence-corrected chi connectivity index (χ4v) is 2.37. The zero-order valence-corrected chi connectivity index (χ0v) is 13.4. The molecule has 0 saturated carbocycles. The highest BCUT2D eigenvalue weighted by Gasteiger charge is 2.19. The second-order valence-electron chi connectivity index (χ2n) is 5.07. The van der Waals surface area contributed by atoms with E-state index in [0.717, 1.165) is 16.9 Å². The van der Waals surface area contributed by atoms with Gasteiger partial charge >= 0.3 is 0 Å². The summed E-state index contributed by atoms with van der Waals surface area (Å²) in [5.74, 6) is 0.848. The third-order valence-electron chi connectivity index (χ3n) is 3.44. The van der Waals surface area contributed by atoms with Crippen LogP contribution in [-0.4, -0.2) is 18.8 Å². The minimum Gasteiger partial charge on any atom is -0.492 e. The number of thiocarbonyl (C=S) groups is 1. The van der Waals surface area contributed by atoms with Gasteiger partial charge in [-0.2, -0.15) is 0 Å². The molecule has 0 N–H and O–H groups in total. The first-order chi connectivity index (χ1) is 10.1. The summed E-state index contributed by atoms with van der Waals surface area (Å²) in [7, 11) is 1.61. The first kappa shape index (κ1) is 15.5. The lowest BCUT2D eigenvalue weighted by atomic mass is 10.0. The largest absolute Gasteiger partial charge is 0.492 e. The van der Waals surface area contributed by atoms with E-state index in [1.165, 1.54) is 5.56 Å². The van der Waals surface area contributed by atoms with E-state index in [1.54, 1.807) is 7.11 Å². The summed E-state index contributed by atoms with van der Waals surface area (Å²) < 4.78 is 11.3. The predicted octanol–water partition coefficient (Wildman–Crippen LogP) is 4.44. The standard InChI is InChI=1S/C18H20O2S/c1-13-9-10-14(2)17(11-13)20-12-16(18(21)19-3)15-7-5-4-6-8-15/h4-11,16H,12H2,1-3H3. The van der Waals surface area contributed by atoms with Gasteiger partial charge in [-0.3, -0.25) is 0 Å². The van der Waals surface area contributed by atoms with E-state index in [0.29, 0.717) is 11.7 Å². The minimum absolute atomic E-state index is 0.0499. The molecule has 2 rings (SSSR count). The van der Waals surface area contributed by atoms with Gasteiger partial charge in [0.2, 0.25) is 0 Å². The van der Waals surface area contributed by atoms with Gasteiger partial charge in [-0.1, -0.05) is 42.5 Å². The first-order valence-electron chi connectivity index (χ1n) is 6.94. The van der Waals surface area contributed by atoms with Crippen LogP contribution in [0.15, 0.2) is 48.5 Å². The fourth-order valence-electron chi connectivity index (χ4n) is 2.16. The van der Waals surface area contributed by atoms with Crippen LogP contribution in [0.25, 0.3) is 0 Å². The van der Waals surface area contributed by atoms with E-state index in [2.05, 4.69) is 19.1 Å². The molecular weight excluding hydrogens is 280 g/mol. The molecule has 0 bridgehead atoms. The Morgan fingerprint density at radius 3 is 2.48 bits per heavy atom. The number of rotatable bonds is 5. The number of hydrogen-bond acceptors (Lipinski definition) is 3. The van der Waals surface area contributed by atoms with Gasteiger partial charge in [0, 0.05) is 0 Å². The van der Waals surface area contributed by atoms with E-state index >= 15 is 0 Å². The first-order valence-corrected chi connectivity index (χ1v) is 7.35. The average Bonchev–Trinajstić information content (AvgIpc) is 2.51. The predicted molar refractivity (Wildman–Crippen MR) is 90.2 cm³/mol. The number of ether oxygens (including phenoxy) is 2. The fraction of sp³-hybridized carbons (Fsp3) is 0.278.